The van der Waals surface area contributed by atoms with Crippen molar-refractivity contribution in [3.05, 3.63) is 28.7 Å². The fourth-order valence-electron chi connectivity index (χ4n) is 3.48. The molecule has 1 atom stereocenters. The van der Waals surface area contributed by atoms with Crippen molar-refractivity contribution >= 4 is 35.0 Å². The largest absolute Gasteiger partial charge is 0.390 e. The molecular formula is C19H26ClFN6OS. The summed E-state index contributed by atoms with van der Waals surface area (Å²) in [6, 6.07) is 1.54. The van der Waals surface area contributed by atoms with Crippen molar-refractivity contribution in [1.29, 1.82) is 0 Å². The van der Waals surface area contributed by atoms with E-state index in [-0.39, 0.29) is 18.5 Å². The van der Waals surface area contributed by atoms with Crippen LogP contribution in [0.2, 0.25) is 5.02 Å². The summed E-state index contributed by atoms with van der Waals surface area (Å²) >= 11 is 7.56. The van der Waals surface area contributed by atoms with Gasteiger partial charge >= 0.3 is 0 Å². The van der Waals surface area contributed by atoms with Crippen LogP contribution in [0.3, 0.4) is 0 Å². The molecule has 0 bridgehead atoms. The lowest BCUT2D eigenvalue weighted by Crippen LogP contribution is -2.50. The molecule has 5 N–H and O–H groups in total. The van der Waals surface area contributed by atoms with E-state index < -0.39 is 12.1 Å². The van der Waals surface area contributed by atoms with E-state index in [1.807, 2.05) is 18.7 Å². The molecule has 0 radical (unpaired) electrons. The molecule has 2 aromatic heterocycles. The second-order valence-electron chi connectivity index (χ2n) is 7.42. The summed E-state index contributed by atoms with van der Waals surface area (Å²) in [5.74, 6) is 0.881. The SMILES string of the molecule is Cc1nc(N2CCC(CF)(C(C)N)CC2)c(CO)nc1Sc1ccnc(N)c1Cl. The van der Waals surface area contributed by atoms with Gasteiger partial charge in [-0.1, -0.05) is 23.4 Å². The highest BCUT2D eigenvalue weighted by molar-refractivity contribution is 7.99. The Labute approximate surface area is 179 Å². The van der Waals surface area contributed by atoms with Gasteiger partial charge in [-0.25, -0.2) is 15.0 Å². The van der Waals surface area contributed by atoms with Crippen molar-refractivity contribution in [2.45, 2.75) is 49.3 Å². The Balaban J connectivity index is 1.85. The van der Waals surface area contributed by atoms with Crippen LogP contribution in [-0.4, -0.2) is 45.9 Å². The molecule has 1 aliphatic heterocycles. The van der Waals surface area contributed by atoms with Crippen molar-refractivity contribution in [3.63, 3.8) is 0 Å². The summed E-state index contributed by atoms with van der Waals surface area (Å²) in [6.07, 6.45) is 2.85. The lowest BCUT2D eigenvalue weighted by Gasteiger charge is -2.43. The summed E-state index contributed by atoms with van der Waals surface area (Å²) in [5, 5.41) is 10.9. The van der Waals surface area contributed by atoms with Gasteiger partial charge in [0.2, 0.25) is 0 Å². The summed E-state index contributed by atoms with van der Waals surface area (Å²) < 4.78 is 13.7. The molecule has 10 heteroatoms. The number of pyridine rings is 1. The number of nitrogen functional groups attached to an aromatic ring is 1. The van der Waals surface area contributed by atoms with E-state index in [0.29, 0.717) is 53.2 Å². The highest BCUT2D eigenvalue weighted by Crippen LogP contribution is 2.39. The summed E-state index contributed by atoms with van der Waals surface area (Å²) in [5.41, 5.74) is 12.5. The highest BCUT2D eigenvalue weighted by atomic mass is 35.5. The number of rotatable bonds is 6. The Morgan fingerprint density at radius 3 is 2.66 bits per heavy atom. The Morgan fingerprint density at radius 2 is 2.07 bits per heavy atom. The van der Waals surface area contributed by atoms with Crippen LogP contribution in [0.1, 0.15) is 31.2 Å². The van der Waals surface area contributed by atoms with Gasteiger partial charge in [-0.15, -0.1) is 0 Å². The van der Waals surface area contributed by atoms with Crippen LogP contribution >= 0.6 is 23.4 Å². The summed E-state index contributed by atoms with van der Waals surface area (Å²) in [7, 11) is 0. The van der Waals surface area contributed by atoms with Gasteiger partial charge in [-0.2, -0.15) is 0 Å². The number of piperidine rings is 1. The van der Waals surface area contributed by atoms with E-state index in [2.05, 4.69) is 9.97 Å². The number of aromatic nitrogens is 3. The molecule has 3 heterocycles. The van der Waals surface area contributed by atoms with Crippen molar-refractivity contribution in [1.82, 2.24) is 15.0 Å². The number of aryl methyl sites for hydroxylation is 1. The Kier molecular flexibility index (Phi) is 6.83. The van der Waals surface area contributed by atoms with Gasteiger partial charge in [0.25, 0.3) is 0 Å². The van der Waals surface area contributed by atoms with Gasteiger partial charge in [0.05, 0.1) is 24.0 Å². The predicted octanol–water partition coefficient (Wildman–Crippen LogP) is 2.96. The first kappa shape index (κ1) is 22.0. The smallest absolute Gasteiger partial charge is 0.153 e. The number of aliphatic hydroxyl groups excluding tert-OH is 1. The predicted molar refractivity (Wildman–Crippen MR) is 114 cm³/mol. The number of aliphatic hydroxyl groups is 1. The molecular weight excluding hydrogens is 415 g/mol. The van der Waals surface area contributed by atoms with Crippen molar-refractivity contribution < 1.29 is 9.50 Å². The highest BCUT2D eigenvalue weighted by Gasteiger charge is 2.39. The molecule has 1 saturated heterocycles. The first-order chi connectivity index (χ1) is 13.8. The molecule has 0 spiro atoms. The normalized spacial score (nSPS) is 17.4. The lowest BCUT2D eigenvalue weighted by molar-refractivity contribution is 0.128. The second-order valence-corrected chi connectivity index (χ2v) is 8.83. The molecule has 0 aromatic carbocycles. The number of halogens is 2. The van der Waals surface area contributed by atoms with Crippen LogP contribution in [0.25, 0.3) is 0 Å². The molecule has 3 rings (SSSR count). The van der Waals surface area contributed by atoms with Crippen molar-refractivity contribution in [3.8, 4) is 0 Å². The average molecular weight is 441 g/mol. The third-order valence-corrected chi connectivity index (χ3v) is 7.26. The maximum Gasteiger partial charge on any atom is 0.153 e. The van der Waals surface area contributed by atoms with E-state index >= 15 is 0 Å². The zero-order valence-corrected chi connectivity index (χ0v) is 18.1. The van der Waals surface area contributed by atoms with Crippen LogP contribution in [0.5, 0.6) is 0 Å². The van der Waals surface area contributed by atoms with E-state index in [1.54, 1.807) is 12.3 Å². The van der Waals surface area contributed by atoms with E-state index in [1.165, 1.54) is 11.8 Å². The quantitative estimate of drug-likeness (QED) is 0.628. The Morgan fingerprint density at radius 1 is 1.38 bits per heavy atom. The van der Waals surface area contributed by atoms with Gasteiger partial charge < -0.3 is 21.5 Å². The van der Waals surface area contributed by atoms with Crippen LogP contribution in [0.15, 0.2) is 22.2 Å². The molecule has 0 aliphatic carbocycles. The van der Waals surface area contributed by atoms with E-state index in [9.17, 15) is 9.50 Å². The first-order valence-corrected chi connectivity index (χ1v) is 10.6. The molecule has 0 saturated carbocycles. The molecule has 7 nitrogen and oxygen atoms in total. The zero-order chi connectivity index (χ0) is 21.2. The molecule has 29 heavy (non-hydrogen) atoms. The zero-order valence-electron chi connectivity index (χ0n) is 16.5. The van der Waals surface area contributed by atoms with Crippen molar-refractivity contribution in [2.24, 2.45) is 11.1 Å². The fraction of sp³-hybridized carbons (Fsp3) is 0.526. The minimum atomic E-state index is -0.494. The van der Waals surface area contributed by atoms with Gasteiger partial charge in [0.15, 0.2) is 5.82 Å². The number of nitrogens with zero attached hydrogens (tertiary/aromatic N) is 4. The number of nitrogens with two attached hydrogens (primary N) is 2. The van der Waals surface area contributed by atoms with Gasteiger partial charge in [-0.05, 0) is 32.8 Å². The monoisotopic (exact) mass is 440 g/mol. The first-order valence-electron chi connectivity index (χ1n) is 9.44. The molecule has 1 fully saturated rings. The Bertz CT molecular complexity index is 876. The van der Waals surface area contributed by atoms with Gasteiger partial charge in [0.1, 0.15) is 16.5 Å². The molecule has 1 unspecified atom stereocenters. The van der Waals surface area contributed by atoms with Crippen LogP contribution in [-0.2, 0) is 6.61 Å². The fourth-order valence-corrected chi connectivity index (χ4v) is 4.59. The average Bonchev–Trinajstić information content (AvgIpc) is 2.72. The van der Waals surface area contributed by atoms with Gasteiger partial charge in [-0.3, -0.25) is 4.39 Å². The summed E-state index contributed by atoms with van der Waals surface area (Å²) in [6.45, 7) is 4.27. The number of alkyl halides is 1. The number of hydrogen-bond donors (Lipinski definition) is 3. The number of hydrogen-bond acceptors (Lipinski definition) is 8. The minimum absolute atomic E-state index is 0.212. The second kappa shape index (κ2) is 8.99. The van der Waals surface area contributed by atoms with Crippen molar-refractivity contribution in [2.75, 3.05) is 30.4 Å². The topological polar surface area (TPSA) is 114 Å². The van der Waals surface area contributed by atoms with Crippen LogP contribution < -0.4 is 16.4 Å². The third kappa shape index (κ3) is 4.42. The van der Waals surface area contributed by atoms with E-state index in [0.717, 1.165) is 4.90 Å². The molecule has 0 amide bonds. The van der Waals surface area contributed by atoms with Crippen LogP contribution in [0.4, 0.5) is 16.0 Å². The lowest BCUT2D eigenvalue weighted by atomic mass is 9.74. The molecule has 2 aromatic rings. The minimum Gasteiger partial charge on any atom is -0.390 e. The molecule has 158 valence electrons. The maximum absolute atomic E-state index is 13.7. The summed E-state index contributed by atoms with van der Waals surface area (Å²) in [4.78, 5) is 16.0. The van der Waals surface area contributed by atoms with E-state index in [4.69, 9.17) is 28.1 Å². The third-order valence-electron chi connectivity index (χ3n) is 5.61. The standard InChI is InChI=1S/C19H26ClFN6OS/c1-11-18(29-14-3-6-24-16(23)15(14)20)26-13(9-28)17(25-11)27-7-4-19(10-21,5-8-27)12(2)22/h3,6,12,28H,4-5,7-10,22H2,1-2H3,(H2,23,24). The Hall–Kier alpha value is -1.68. The maximum atomic E-state index is 13.7. The molecule has 1 aliphatic rings. The van der Waals surface area contributed by atoms with Crippen LogP contribution in [0, 0.1) is 12.3 Å². The number of anilines is 2. The van der Waals surface area contributed by atoms with Gasteiger partial charge in [0, 0.05) is 35.6 Å².